The molecule has 0 aromatic heterocycles. The molecule has 0 aromatic rings. The number of carbonyl (C=O) groups excluding carboxylic acids is 1. The first kappa shape index (κ1) is 12.1. The van der Waals surface area contributed by atoms with E-state index in [2.05, 4.69) is 11.3 Å². The molecule has 13 heavy (non-hydrogen) atoms. The van der Waals surface area contributed by atoms with Crippen LogP contribution in [0.1, 0.15) is 13.8 Å². The summed E-state index contributed by atoms with van der Waals surface area (Å²) < 4.78 is 33.1. The van der Waals surface area contributed by atoms with Gasteiger partial charge in [-0.3, -0.25) is 4.55 Å². The quantitative estimate of drug-likeness (QED) is 0.410. The van der Waals surface area contributed by atoms with Crippen molar-refractivity contribution in [2.24, 2.45) is 0 Å². The highest BCUT2D eigenvalue weighted by atomic mass is 32.2. The number of esters is 1. The number of hydrogen-bond acceptors (Lipinski definition) is 4. The second-order valence-electron chi connectivity index (χ2n) is 3.05. The normalized spacial score (nSPS) is 12.2. The van der Waals surface area contributed by atoms with E-state index >= 15 is 0 Å². The topological polar surface area (TPSA) is 80.7 Å². The molecule has 0 spiro atoms. The van der Waals surface area contributed by atoms with Gasteiger partial charge in [0.15, 0.2) is 0 Å². The van der Waals surface area contributed by atoms with Crippen LogP contribution in [0.25, 0.3) is 0 Å². The summed E-state index contributed by atoms with van der Waals surface area (Å²) in [6.07, 6.45) is 0.917. The zero-order valence-corrected chi connectivity index (χ0v) is 8.30. The fourth-order valence-corrected chi connectivity index (χ4v) is 0.586. The maximum absolute atomic E-state index is 10.7. The lowest BCUT2D eigenvalue weighted by Crippen LogP contribution is -2.37. The van der Waals surface area contributed by atoms with Crippen molar-refractivity contribution in [3.8, 4) is 0 Å². The van der Waals surface area contributed by atoms with Crippen LogP contribution in [-0.4, -0.2) is 30.3 Å². The van der Waals surface area contributed by atoms with Crippen LogP contribution in [0.15, 0.2) is 12.7 Å². The molecule has 0 aliphatic carbocycles. The summed E-state index contributed by atoms with van der Waals surface area (Å²) in [6.45, 7) is 5.23. The van der Waals surface area contributed by atoms with Gasteiger partial charge in [-0.15, -0.1) is 0 Å². The molecule has 0 bridgehead atoms. The monoisotopic (exact) mass is 208 g/mol. The molecule has 1 N–H and O–H groups in total. The van der Waals surface area contributed by atoms with E-state index < -0.39 is 27.4 Å². The standard InChI is InChI=1S/C7H12O5S/c1-4-6(8)12-5-7(2,3)13(9,10)11/h4H,1,5H2,2-3H3,(H,9,10,11). The summed E-state index contributed by atoms with van der Waals surface area (Å²) in [6, 6.07) is 0. The van der Waals surface area contributed by atoms with Crippen molar-refractivity contribution in [2.75, 3.05) is 6.61 Å². The van der Waals surface area contributed by atoms with Crippen LogP contribution in [0.2, 0.25) is 0 Å². The van der Waals surface area contributed by atoms with Crippen molar-refractivity contribution in [1.82, 2.24) is 0 Å². The van der Waals surface area contributed by atoms with Crippen LogP contribution in [0.4, 0.5) is 0 Å². The highest BCUT2D eigenvalue weighted by molar-refractivity contribution is 7.87. The van der Waals surface area contributed by atoms with Gasteiger partial charge in [0.1, 0.15) is 11.4 Å². The van der Waals surface area contributed by atoms with E-state index in [-0.39, 0.29) is 0 Å². The fourth-order valence-electron chi connectivity index (χ4n) is 0.378. The molecule has 0 aromatic carbocycles. The molecule has 0 aliphatic heterocycles. The third kappa shape index (κ3) is 3.56. The lowest BCUT2D eigenvalue weighted by atomic mass is 10.2. The Morgan fingerprint density at radius 1 is 1.62 bits per heavy atom. The highest BCUT2D eigenvalue weighted by Gasteiger charge is 2.34. The summed E-state index contributed by atoms with van der Waals surface area (Å²) in [5.74, 6) is -0.725. The van der Waals surface area contributed by atoms with E-state index in [9.17, 15) is 13.2 Å². The Kier molecular flexibility index (Phi) is 3.62. The summed E-state index contributed by atoms with van der Waals surface area (Å²) in [5.41, 5.74) is 0. The van der Waals surface area contributed by atoms with Gasteiger partial charge in [-0.25, -0.2) is 4.79 Å². The summed E-state index contributed by atoms with van der Waals surface area (Å²) in [5, 5.41) is 0. The maximum atomic E-state index is 10.7. The van der Waals surface area contributed by atoms with Crippen molar-refractivity contribution < 1.29 is 22.5 Å². The summed E-state index contributed by atoms with van der Waals surface area (Å²) >= 11 is 0. The smallest absolute Gasteiger partial charge is 0.330 e. The Morgan fingerprint density at radius 2 is 2.08 bits per heavy atom. The minimum atomic E-state index is -4.22. The Bertz CT molecular complexity index is 301. The van der Waals surface area contributed by atoms with Crippen LogP contribution in [0, 0.1) is 0 Å². The van der Waals surface area contributed by atoms with Crippen LogP contribution in [-0.2, 0) is 19.6 Å². The van der Waals surface area contributed by atoms with Gasteiger partial charge >= 0.3 is 5.97 Å². The average molecular weight is 208 g/mol. The Balaban J connectivity index is 4.37. The van der Waals surface area contributed by atoms with Crippen LogP contribution in [0.3, 0.4) is 0 Å². The Hall–Kier alpha value is -0.880. The zero-order valence-electron chi connectivity index (χ0n) is 7.48. The first-order chi connectivity index (χ1) is 5.70. The van der Waals surface area contributed by atoms with Crippen LogP contribution in [0.5, 0.6) is 0 Å². The number of carbonyl (C=O) groups is 1. The SMILES string of the molecule is C=CC(=O)OCC(C)(C)S(=O)(=O)O. The lowest BCUT2D eigenvalue weighted by Gasteiger charge is -2.19. The van der Waals surface area contributed by atoms with Crippen LogP contribution < -0.4 is 0 Å². The Morgan fingerprint density at radius 3 is 2.38 bits per heavy atom. The van der Waals surface area contributed by atoms with E-state index in [1.165, 1.54) is 13.8 Å². The third-order valence-corrected chi connectivity index (χ3v) is 2.94. The molecule has 6 heteroatoms. The molecule has 0 saturated carbocycles. The van der Waals surface area contributed by atoms with E-state index in [1.54, 1.807) is 0 Å². The summed E-state index contributed by atoms with van der Waals surface area (Å²) in [7, 11) is -4.22. The molecule has 0 rings (SSSR count). The molecule has 0 radical (unpaired) electrons. The molecule has 0 unspecified atom stereocenters. The van der Waals surface area contributed by atoms with Gasteiger partial charge in [0.25, 0.3) is 10.1 Å². The van der Waals surface area contributed by atoms with E-state index in [0.29, 0.717) is 0 Å². The number of rotatable bonds is 4. The van der Waals surface area contributed by atoms with Gasteiger partial charge in [0.05, 0.1) is 0 Å². The van der Waals surface area contributed by atoms with Gasteiger partial charge < -0.3 is 4.74 Å². The number of hydrogen-bond donors (Lipinski definition) is 1. The van der Waals surface area contributed by atoms with Crippen molar-refractivity contribution in [3.05, 3.63) is 12.7 Å². The fraction of sp³-hybridized carbons (Fsp3) is 0.571. The minimum Gasteiger partial charge on any atom is -0.461 e. The molecule has 76 valence electrons. The van der Waals surface area contributed by atoms with Crippen molar-refractivity contribution in [1.29, 1.82) is 0 Å². The Labute approximate surface area is 77.1 Å². The minimum absolute atomic E-state index is 0.406. The third-order valence-electron chi connectivity index (χ3n) is 1.43. The average Bonchev–Trinajstić information content (AvgIpc) is 1.98. The molecule has 0 saturated heterocycles. The largest absolute Gasteiger partial charge is 0.461 e. The first-order valence-corrected chi connectivity index (χ1v) is 4.91. The second-order valence-corrected chi connectivity index (χ2v) is 5.10. The molecule has 0 amide bonds. The predicted molar refractivity (Wildman–Crippen MR) is 46.8 cm³/mol. The molecule has 0 fully saturated rings. The maximum Gasteiger partial charge on any atom is 0.330 e. The van der Waals surface area contributed by atoms with Gasteiger partial charge in [0, 0.05) is 6.08 Å². The van der Waals surface area contributed by atoms with Crippen molar-refractivity contribution in [3.63, 3.8) is 0 Å². The van der Waals surface area contributed by atoms with Crippen molar-refractivity contribution >= 4 is 16.1 Å². The number of ether oxygens (including phenoxy) is 1. The second kappa shape index (κ2) is 3.89. The summed E-state index contributed by atoms with van der Waals surface area (Å²) in [4.78, 5) is 10.6. The molecule has 0 heterocycles. The van der Waals surface area contributed by atoms with E-state index in [0.717, 1.165) is 6.08 Å². The molecule has 0 aliphatic rings. The molecular formula is C7H12O5S. The lowest BCUT2D eigenvalue weighted by molar-refractivity contribution is -0.138. The van der Waals surface area contributed by atoms with Crippen molar-refractivity contribution in [2.45, 2.75) is 18.6 Å². The molecule has 5 nitrogen and oxygen atoms in total. The van der Waals surface area contributed by atoms with Gasteiger partial charge in [-0.1, -0.05) is 6.58 Å². The van der Waals surface area contributed by atoms with Gasteiger partial charge in [0.2, 0.25) is 0 Å². The van der Waals surface area contributed by atoms with E-state index in [4.69, 9.17) is 4.55 Å². The highest BCUT2D eigenvalue weighted by Crippen LogP contribution is 2.14. The van der Waals surface area contributed by atoms with Crippen LogP contribution >= 0.6 is 0 Å². The van der Waals surface area contributed by atoms with Gasteiger partial charge in [-0.05, 0) is 13.8 Å². The molecule has 0 atom stereocenters. The first-order valence-electron chi connectivity index (χ1n) is 3.47. The predicted octanol–water partition coefficient (Wildman–Crippen LogP) is 0.382. The van der Waals surface area contributed by atoms with Gasteiger partial charge in [-0.2, -0.15) is 8.42 Å². The zero-order chi connectivity index (χ0) is 10.7. The van der Waals surface area contributed by atoms with E-state index in [1.807, 2.05) is 0 Å². The molecular weight excluding hydrogens is 196 g/mol.